The van der Waals surface area contributed by atoms with Crippen LogP contribution in [0.5, 0.6) is 0 Å². The first kappa shape index (κ1) is 14.0. The van der Waals surface area contributed by atoms with Gasteiger partial charge in [-0.25, -0.2) is 4.79 Å². The summed E-state index contributed by atoms with van der Waals surface area (Å²) >= 11 is 0. The number of nitrogens with zero attached hydrogens (tertiary/aromatic N) is 1. The minimum absolute atomic E-state index is 0.667. The van der Waals surface area contributed by atoms with Crippen molar-refractivity contribution >= 4 is 5.97 Å². The first-order valence-corrected chi connectivity index (χ1v) is 6.35. The van der Waals surface area contributed by atoms with Crippen molar-refractivity contribution in [1.29, 1.82) is 0 Å². The molecule has 0 aliphatic carbocycles. The van der Waals surface area contributed by atoms with Crippen LogP contribution >= 0.6 is 0 Å². The van der Waals surface area contributed by atoms with Crippen molar-refractivity contribution in [2.75, 3.05) is 33.4 Å². The van der Waals surface area contributed by atoms with Crippen LogP contribution in [0.25, 0.3) is 0 Å². The highest BCUT2D eigenvalue weighted by Gasteiger charge is 2.18. The molecule has 1 fully saturated rings. The van der Waals surface area contributed by atoms with Crippen molar-refractivity contribution < 1.29 is 19.4 Å². The van der Waals surface area contributed by atoms with Crippen molar-refractivity contribution in [3.8, 4) is 0 Å². The van der Waals surface area contributed by atoms with Gasteiger partial charge in [-0.2, -0.15) is 0 Å². The minimum atomic E-state index is -0.969. The van der Waals surface area contributed by atoms with Gasteiger partial charge in [-0.3, -0.25) is 4.90 Å². The summed E-state index contributed by atoms with van der Waals surface area (Å²) in [6, 6.07) is 7.55. The summed E-state index contributed by atoms with van der Waals surface area (Å²) in [5, 5.41) is 9.01. The van der Waals surface area contributed by atoms with Crippen LogP contribution in [-0.4, -0.2) is 49.4 Å². The van der Waals surface area contributed by atoms with Crippen LogP contribution in [0.1, 0.15) is 17.2 Å². The summed E-state index contributed by atoms with van der Waals surface area (Å²) in [5.41, 5.74) is 1.84. The fraction of sp³-hybridized carbons (Fsp3) is 0.500. The zero-order valence-electron chi connectivity index (χ0n) is 11.0. The number of hydrogen-bond donors (Lipinski definition) is 1. The molecule has 0 spiro atoms. The molecule has 1 heterocycles. The number of ether oxygens (including phenoxy) is 2. The number of rotatable bonds is 5. The minimum Gasteiger partial charge on any atom is -0.479 e. The Morgan fingerprint density at radius 3 is 2.53 bits per heavy atom. The second-order valence-electron chi connectivity index (χ2n) is 4.58. The van der Waals surface area contributed by atoms with E-state index in [4.69, 9.17) is 14.6 Å². The quantitative estimate of drug-likeness (QED) is 0.869. The van der Waals surface area contributed by atoms with Crippen molar-refractivity contribution in [2.24, 2.45) is 0 Å². The summed E-state index contributed by atoms with van der Waals surface area (Å²) in [4.78, 5) is 13.3. The highest BCUT2D eigenvalue weighted by atomic mass is 16.5. The first-order chi connectivity index (χ1) is 9.20. The van der Waals surface area contributed by atoms with Gasteiger partial charge in [-0.15, -0.1) is 0 Å². The molecule has 5 heteroatoms. The smallest absolute Gasteiger partial charge is 0.337 e. The van der Waals surface area contributed by atoms with E-state index in [0.29, 0.717) is 5.56 Å². The van der Waals surface area contributed by atoms with Crippen molar-refractivity contribution in [3.05, 3.63) is 35.4 Å². The third-order valence-electron chi connectivity index (χ3n) is 3.25. The van der Waals surface area contributed by atoms with Gasteiger partial charge in [0.1, 0.15) is 0 Å². The van der Waals surface area contributed by atoms with Crippen molar-refractivity contribution in [1.82, 2.24) is 4.90 Å². The molecule has 19 heavy (non-hydrogen) atoms. The fourth-order valence-electron chi connectivity index (χ4n) is 2.19. The molecule has 104 valence electrons. The topological polar surface area (TPSA) is 59.0 Å². The Hall–Kier alpha value is -1.43. The third-order valence-corrected chi connectivity index (χ3v) is 3.25. The monoisotopic (exact) mass is 265 g/mol. The third kappa shape index (κ3) is 3.76. The molecular weight excluding hydrogens is 246 g/mol. The molecule has 1 atom stereocenters. The Kier molecular flexibility index (Phi) is 4.90. The number of carbonyl (C=O) groups is 1. The molecule has 5 nitrogen and oxygen atoms in total. The zero-order valence-corrected chi connectivity index (χ0v) is 11.0. The maximum absolute atomic E-state index is 11.0. The molecule has 1 saturated heterocycles. The molecule has 2 rings (SSSR count). The van der Waals surface area contributed by atoms with E-state index in [2.05, 4.69) is 4.90 Å². The van der Waals surface area contributed by atoms with Gasteiger partial charge in [0.25, 0.3) is 0 Å². The lowest BCUT2D eigenvalue weighted by Gasteiger charge is -2.26. The van der Waals surface area contributed by atoms with Gasteiger partial charge < -0.3 is 14.6 Å². The second-order valence-corrected chi connectivity index (χ2v) is 4.58. The predicted molar refractivity (Wildman–Crippen MR) is 69.9 cm³/mol. The Bertz CT molecular complexity index is 412. The largest absolute Gasteiger partial charge is 0.479 e. The standard InChI is InChI=1S/C14H19NO4/c1-18-13(14(16)17)12-4-2-11(3-5-12)10-15-6-8-19-9-7-15/h2-5,13H,6-10H2,1H3,(H,16,17). The first-order valence-electron chi connectivity index (χ1n) is 6.35. The van der Waals surface area contributed by atoms with E-state index in [-0.39, 0.29) is 0 Å². The van der Waals surface area contributed by atoms with Crippen molar-refractivity contribution in [2.45, 2.75) is 12.6 Å². The normalized spacial score (nSPS) is 18.2. The van der Waals surface area contributed by atoms with E-state index >= 15 is 0 Å². The molecule has 0 saturated carbocycles. The molecule has 1 aromatic carbocycles. The number of morpholine rings is 1. The molecule has 1 aliphatic rings. The maximum Gasteiger partial charge on any atom is 0.337 e. The Balaban J connectivity index is 1.99. The number of hydrogen-bond acceptors (Lipinski definition) is 4. The number of aliphatic carboxylic acids is 1. The lowest BCUT2D eigenvalue weighted by atomic mass is 10.1. The van der Waals surface area contributed by atoms with Gasteiger partial charge in [0.05, 0.1) is 13.2 Å². The van der Waals surface area contributed by atoms with E-state index in [1.54, 1.807) is 0 Å². The van der Waals surface area contributed by atoms with E-state index < -0.39 is 12.1 Å². The van der Waals surface area contributed by atoms with E-state index in [9.17, 15) is 4.79 Å². The molecule has 1 N–H and O–H groups in total. The number of benzene rings is 1. The van der Waals surface area contributed by atoms with Gasteiger partial charge >= 0.3 is 5.97 Å². The van der Waals surface area contributed by atoms with E-state index in [1.807, 2.05) is 24.3 Å². The zero-order chi connectivity index (χ0) is 13.7. The van der Waals surface area contributed by atoms with Crippen molar-refractivity contribution in [3.63, 3.8) is 0 Å². The Morgan fingerprint density at radius 2 is 2.00 bits per heavy atom. The van der Waals surface area contributed by atoms with E-state index in [1.165, 1.54) is 12.7 Å². The maximum atomic E-state index is 11.0. The van der Waals surface area contributed by atoms with Crippen LogP contribution in [0.4, 0.5) is 0 Å². The van der Waals surface area contributed by atoms with Gasteiger partial charge in [0.2, 0.25) is 0 Å². The predicted octanol–water partition coefficient (Wildman–Crippen LogP) is 1.29. The SMILES string of the molecule is COC(C(=O)O)c1ccc(CN2CCOCC2)cc1. The number of carboxylic acid groups (broad SMARTS) is 1. The van der Waals surface area contributed by atoms with Gasteiger partial charge in [-0.1, -0.05) is 24.3 Å². The lowest BCUT2D eigenvalue weighted by Crippen LogP contribution is -2.35. The molecule has 0 bridgehead atoms. The average molecular weight is 265 g/mol. The lowest BCUT2D eigenvalue weighted by molar-refractivity contribution is -0.148. The number of methoxy groups -OCH3 is 1. The second kappa shape index (κ2) is 6.65. The summed E-state index contributed by atoms with van der Waals surface area (Å²) in [5.74, 6) is -0.969. The van der Waals surface area contributed by atoms with Gasteiger partial charge in [-0.05, 0) is 11.1 Å². The summed E-state index contributed by atoms with van der Waals surface area (Å²) in [6.07, 6.45) is -0.891. The Morgan fingerprint density at radius 1 is 1.37 bits per heavy atom. The number of carboxylic acids is 1. The van der Waals surface area contributed by atoms with Crippen LogP contribution in [0.3, 0.4) is 0 Å². The Labute approximate surface area is 112 Å². The van der Waals surface area contributed by atoms with Crippen LogP contribution in [0.15, 0.2) is 24.3 Å². The highest BCUT2D eigenvalue weighted by molar-refractivity contribution is 5.74. The fourth-order valence-corrected chi connectivity index (χ4v) is 2.19. The van der Waals surface area contributed by atoms with Crippen LogP contribution in [0, 0.1) is 0 Å². The molecule has 1 unspecified atom stereocenters. The van der Waals surface area contributed by atoms with Crippen LogP contribution < -0.4 is 0 Å². The molecule has 1 aromatic rings. The molecule has 1 aliphatic heterocycles. The summed E-state index contributed by atoms with van der Waals surface area (Å²) in [6.45, 7) is 4.31. The van der Waals surface area contributed by atoms with Gasteiger partial charge in [0, 0.05) is 26.7 Å². The summed E-state index contributed by atoms with van der Waals surface area (Å²) < 4.78 is 10.3. The molecular formula is C14H19NO4. The van der Waals surface area contributed by atoms with E-state index in [0.717, 1.165) is 32.8 Å². The van der Waals surface area contributed by atoms with Gasteiger partial charge in [0.15, 0.2) is 6.10 Å². The van der Waals surface area contributed by atoms with Crippen LogP contribution in [-0.2, 0) is 20.8 Å². The van der Waals surface area contributed by atoms with Crippen LogP contribution in [0.2, 0.25) is 0 Å². The molecule has 0 amide bonds. The highest BCUT2D eigenvalue weighted by Crippen LogP contribution is 2.18. The average Bonchev–Trinajstić information content (AvgIpc) is 2.42. The molecule has 0 aromatic heterocycles. The molecule has 0 radical (unpaired) electrons. The summed E-state index contributed by atoms with van der Waals surface area (Å²) in [7, 11) is 1.40.